The lowest BCUT2D eigenvalue weighted by atomic mass is 10.1. The van der Waals surface area contributed by atoms with E-state index in [1.54, 1.807) is 6.20 Å². The van der Waals surface area contributed by atoms with Crippen LogP contribution in [0.3, 0.4) is 0 Å². The van der Waals surface area contributed by atoms with Gasteiger partial charge in [0.05, 0.1) is 29.7 Å². The molecule has 0 unspecified atom stereocenters. The quantitative estimate of drug-likeness (QED) is 0.727. The van der Waals surface area contributed by atoms with Crippen molar-refractivity contribution in [2.24, 2.45) is 7.05 Å². The van der Waals surface area contributed by atoms with E-state index in [0.29, 0.717) is 37.7 Å². The van der Waals surface area contributed by atoms with Gasteiger partial charge in [0.15, 0.2) is 0 Å². The van der Waals surface area contributed by atoms with Gasteiger partial charge < -0.3 is 18.9 Å². The molecule has 1 aromatic carbocycles. The highest BCUT2D eigenvalue weighted by atomic mass is 16.5. The van der Waals surface area contributed by atoms with Crippen LogP contribution in [-0.2, 0) is 11.8 Å². The zero-order valence-electron chi connectivity index (χ0n) is 14.9. The predicted molar refractivity (Wildman–Crippen MR) is 98.7 cm³/mol. The van der Waals surface area contributed by atoms with Gasteiger partial charge in [0.1, 0.15) is 5.75 Å². The van der Waals surface area contributed by atoms with E-state index in [1.807, 2.05) is 60.0 Å². The highest BCUT2D eigenvalue weighted by Crippen LogP contribution is 2.31. The first-order valence-electron chi connectivity index (χ1n) is 8.69. The fraction of sp³-hybridized carbons (Fsp3) is 0.300. The second-order valence-electron chi connectivity index (χ2n) is 6.49. The zero-order chi connectivity index (χ0) is 18.1. The molecular formula is C20H21N3O3. The zero-order valence-corrected chi connectivity index (χ0v) is 14.9. The maximum Gasteiger partial charge on any atom is 0.257 e. The highest BCUT2D eigenvalue weighted by Gasteiger charge is 2.23. The summed E-state index contributed by atoms with van der Waals surface area (Å²) < 4.78 is 13.3. The third-order valence-corrected chi connectivity index (χ3v) is 4.60. The number of amides is 1. The van der Waals surface area contributed by atoms with E-state index in [2.05, 4.69) is 4.98 Å². The van der Waals surface area contributed by atoms with Crippen molar-refractivity contribution in [3.05, 3.63) is 53.9 Å². The summed E-state index contributed by atoms with van der Waals surface area (Å²) in [6.07, 6.45) is 3.54. The van der Waals surface area contributed by atoms with Gasteiger partial charge in [-0.15, -0.1) is 0 Å². The summed E-state index contributed by atoms with van der Waals surface area (Å²) in [4.78, 5) is 19.2. The lowest BCUT2D eigenvalue weighted by molar-refractivity contribution is 0.0303. The molecule has 0 atom stereocenters. The number of ether oxygens (including phenoxy) is 2. The van der Waals surface area contributed by atoms with Gasteiger partial charge in [0.2, 0.25) is 5.88 Å². The molecule has 1 aliphatic heterocycles. The van der Waals surface area contributed by atoms with Gasteiger partial charge in [0.25, 0.3) is 5.91 Å². The van der Waals surface area contributed by atoms with Gasteiger partial charge >= 0.3 is 0 Å². The molecule has 3 heterocycles. The standard InChI is InChI=1S/C20H21N3O3/c1-14-4-3-5-15(12-14)26-19-16-6-7-22(2)18(16)17(13-21-19)20(24)23-8-10-25-11-9-23/h3-7,12-13H,8-11H2,1-2H3. The smallest absolute Gasteiger partial charge is 0.257 e. The average molecular weight is 351 g/mol. The molecule has 1 fully saturated rings. The number of benzene rings is 1. The van der Waals surface area contributed by atoms with Crippen LogP contribution in [0.4, 0.5) is 0 Å². The van der Waals surface area contributed by atoms with E-state index in [1.165, 1.54) is 0 Å². The van der Waals surface area contributed by atoms with Crippen molar-refractivity contribution in [3.63, 3.8) is 0 Å². The Labute approximate surface area is 152 Å². The normalized spacial score (nSPS) is 14.6. The van der Waals surface area contributed by atoms with Crippen molar-refractivity contribution in [2.75, 3.05) is 26.3 Å². The van der Waals surface area contributed by atoms with Gasteiger partial charge in [0, 0.05) is 32.5 Å². The maximum atomic E-state index is 13.0. The van der Waals surface area contributed by atoms with Crippen molar-refractivity contribution < 1.29 is 14.3 Å². The molecule has 6 nitrogen and oxygen atoms in total. The Morgan fingerprint density at radius 1 is 1.23 bits per heavy atom. The lowest BCUT2D eigenvalue weighted by Gasteiger charge is -2.27. The SMILES string of the molecule is Cc1cccc(Oc2ncc(C(=O)N3CCOCC3)c3c2ccn3C)c1. The van der Waals surface area contributed by atoms with E-state index in [4.69, 9.17) is 9.47 Å². The number of aromatic nitrogens is 2. The molecule has 6 heteroatoms. The molecule has 134 valence electrons. The van der Waals surface area contributed by atoms with Crippen LogP contribution in [0.1, 0.15) is 15.9 Å². The summed E-state index contributed by atoms with van der Waals surface area (Å²) in [7, 11) is 1.93. The molecule has 1 amide bonds. The Kier molecular flexibility index (Phi) is 4.34. The molecule has 2 aromatic heterocycles. The van der Waals surface area contributed by atoms with Crippen LogP contribution in [0.25, 0.3) is 10.9 Å². The third-order valence-electron chi connectivity index (χ3n) is 4.60. The van der Waals surface area contributed by atoms with Crippen LogP contribution in [0, 0.1) is 6.92 Å². The van der Waals surface area contributed by atoms with Crippen molar-refractivity contribution in [3.8, 4) is 11.6 Å². The monoisotopic (exact) mass is 351 g/mol. The Hall–Kier alpha value is -2.86. The van der Waals surface area contributed by atoms with Crippen LogP contribution in [0.15, 0.2) is 42.7 Å². The Bertz CT molecular complexity index is 958. The molecule has 0 radical (unpaired) electrons. The molecule has 0 aliphatic carbocycles. The first-order valence-corrected chi connectivity index (χ1v) is 8.69. The summed E-state index contributed by atoms with van der Waals surface area (Å²) in [6.45, 7) is 4.37. The molecule has 1 saturated heterocycles. The number of carbonyl (C=O) groups is 1. The molecule has 0 N–H and O–H groups in total. The maximum absolute atomic E-state index is 13.0. The largest absolute Gasteiger partial charge is 0.438 e. The van der Waals surface area contributed by atoms with Crippen molar-refractivity contribution >= 4 is 16.8 Å². The Balaban J connectivity index is 1.73. The van der Waals surface area contributed by atoms with E-state index in [0.717, 1.165) is 22.2 Å². The molecule has 3 aromatic rings. The third kappa shape index (κ3) is 3.04. The number of fused-ring (bicyclic) bond motifs is 1. The van der Waals surface area contributed by atoms with Gasteiger partial charge in [-0.05, 0) is 30.7 Å². The lowest BCUT2D eigenvalue weighted by Crippen LogP contribution is -2.40. The van der Waals surface area contributed by atoms with Crippen LogP contribution >= 0.6 is 0 Å². The minimum atomic E-state index is -0.0188. The fourth-order valence-electron chi connectivity index (χ4n) is 3.26. The van der Waals surface area contributed by atoms with E-state index in [-0.39, 0.29) is 5.91 Å². The Morgan fingerprint density at radius 2 is 2.04 bits per heavy atom. The van der Waals surface area contributed by atoms with E-state index < -0.39 is 0 Å². The molecule has 0 spiro atoms. The molecule has 4 rings (SSSR count). The number of hydrogen-bond acceptors (Lipinski definition) is 4. The summed E-state index contributed by atoms with van der Waals surface area (Å²) in [6, 6.07) is 9.76. The first-order chi connectivity index (χ1) is 12.6. The van der Waals surface area contributed by atoms with Crippen LogP contribution in [-0.4, -0.2) is 46.7 Å². The number of carbonyl (C=O) groups excluding carboxylic acids is 1. The number of hydrogen-bond donors (Lipinski definition) is 0. The number of rotatable bonds is 3. The van der Waals surface area contributed by atoms with Gasteiger partial charge in [-0.3, -0.25) is 4.79 Å². The first kappa shape index (κ1) is 16.6. The number of morpholine rings is 1. The van der Waals surface area contributed by atoms with Gasteiger partial charge in [-0.2, -0.15) is 0 Å². The van der Waals surface area contributed by atoms with Gasteiger partial charge in [-0.1, -0.05) is 12.1 Å². The number of pyridine rings is 1. The topological polar surface area (TPSA) is 56.6 Å². The van der Waals surface area contributed by atoms with Crippen LogP contribution in [0.2, 0.25) is 0 Å². The second kappa shape index (κ2) is 6.80. The molecular weight excluding hydrogens is 330 g/mol. The van der Waals surface area contributed by atoms with Crippen LogP contribution < -0.4 is 4.74 Å². The Morgan fingerprint density at radius 3 is 2.81 bits per heavy atom. The number of aryl methyl sites for hydroxylation is 2. The molecule has 1 aliphatic rings. The van der Waals surface area contributed by atoms with Crippen molar-refractivity contribution in [2.45, 2.75) is 6.92 Å². The molecule has 0 saturated carbocycles. The summed E-state index contributed by atoms with van der Waals surface area (Å²) in [5.74, 6) is 1.22. The van der Waals surface area contributed by atoms with E-state index >= 15 is 0 Å². The molecule has 0 bridgehead atoms. The van der Waals surface area contributed by atoms with Crippen molar-refractivity contribution in [1.82, 2.24) is 14.5 Å². The van der Waals surface area contributed by atoms with Crippen LogP contribution in [0.5, 0.6) is 11.6 Å². The van der Waals surface area contributed by atoms with Crippen molar-refractivity contribution in [1.29, 1.82) is 0 Å². The summed E-state index contributed by atoms with van der Waals surface area (Å²) in [5, 5.41) is 0.827. The second-order valence-corrected chi connectivity index (χ2v) is 6.49. The molecule has 26 heavy (non-hydrogen) atoms. The summed E-state index contributed by atoms with van der Waals surface area (Å²) >= 11 is 0. The number of nitrogens with zero attached hydrogens (tertiary/aromatic N) is 3. The van der Waals surface area contributed by atoms with E-state index in [9.17, 15) is 4.79 Å². The summed E-state index contributed by atoms with van der Waals surface area (Å²) in [5.41, 5.74) is 2.54. The minimum Gasteiger partial charge on any atom is -0.438 e. The van der Waals surface area contributed by atoms with Gasteiger partial charge in [-0.25, -0.2) is 4.98 Å². The fourth-order valence-corrected chi connectivity index (χ4v) is 3.26. The predicted octanol–water partition coefficient (Wildman–Crippen LogP) is 3.15. The average Bonchev–Trinajstić information content (AvgIpc) is 3.05. The minimum absolute atomic E-state index is 0.0188. The highest BCUT2D eigenvalue weighted by molar-refractivity contribution is 6.06.